The summed E-state index contributed by atoms with van der Waals surface area (Å²) in [7, 11) is 1.63. The van der Waals surface area contributed by atoms with Gasteiger partial charge < -0.3 is 4.57 Å². The van der Waals surface area contributed by atoms with Crippen LogP contribution in [-0.2, 0) is 12.8 Å². The van der Waals surface area contributed by atoms with E-state index in [4.69, 9.17) is 4.99 Å². The number of fused-ring (bicyclic) bond motifs is 3. The molecule has 0 saturated heterocycles. The van der Waals surface area contributed by atoms with E-state index in [1.54, 1.807) is 43.6 Å². The lowest BCUT2D eigenvalue weighted by atomic mass is 9.91. The summed E-state index contributed by atoms with van der Waals surface area (Å²) in [4.78, 5) is 17.1. The van der Waals surface area contributed by atoms with Crippen LogP contribution in [0.2, 0.25) is 0 Å². The van der Waals surface area contributed by atoms with Gasteiger partial charge in [0.15, 0.2) is 0 Å². The highest BCUT2D eigenvalue weighted by Crippen LogP contribution is 2.39. The van der Waals surface area contributed by atoms with Gasteiger partial charge in [-0.3, -0.25) is 9.79 Å². The van der Waals surface area contributed by atoms with Crippen LogP contribution < -0.4 is 5.56 Å². The van der Waals surface area contributed by atoms with Crippen LogP contribution in [0.5, 0.6) is 0 Å². The molecule has 160 valence electrons. The number of aliphatic imine (C=N–C) groups is 1. The summed E-state index contributed by atoms with van der Waals surface area (Å²) in [5, 5.41) is 0. The monoisotopic (exact) mass is 446 g/mol. The SMILES string of the molecule is C[C@@H]1N=C(c2ccc(F)cc2)c2ccc(CSC(F)(F)F)cc2-c2cn(C)c(=O)cc21. The predicted octanol–water partition coefficient (Wildman–Crippen LogP) is 5.86. The van der Waals surface area contributed by atoms with E-state index in [0.29, 0.717) is 28.0 Å². The number of hydrogen-bond acceptors (Lipinski definition) is 3. The number of nitrogens with zero attached hydrogens (tertiary/aromatic N) is 2. The predicted molar refractivity (Wildman–Crippen MR) is 115 cm³/mol. The third kappa shape index (κ3) is 4.44. The summed E-state index contributed by atoms with van der Waals surface area (Å²) < 4.78 is 53.1. The minimum atomic E-state index is -4.33. The zero-order valence-electron chi connectivity index (χ0n) is 16.7. The van der Waals surface area contributed by atoms with Crippen LogP contribution in [0.25, 0.3) is 11.1 Å². The Hall–Kier alpha value is -2.87. The summed E-state index contributed by atoms with van der Waals surface area (Å²) in [5.41, 5.74) is 0.117. The van der Waals surface area contributed by atoms with E-state index in [-0.39, 0.29) is 34.9 Å². The van der Waals surface area contributed by atoms with E-state index in [9.17, 15) is 22.4 Å². The first-order valence-electron chi connectivity index (χ1n) is 9.51. The highest BCUT2D eigenvalue weighted by Gasteiger charge is 2.29. The van der Waals surface area contributed by atoms with Gasteiger partial charge in [-0.25, -0.2) is 4.39 Å². The van der Waals surface area contributed by atoms with Crippen LogP contribution >= 0.6 is 11.8 Å². The molecule has 0 N–H and O–H groups in total. The number of aromatic nitrogens is 1. The van der Waals surface area contributed by atoms with Gasteiger partial charge in [0.2, 0.25) is 0 Å². The van der Waals surface area contributed by atoms with Crippen molar-refractivity contribution >= 4 is 17.5 Å². The van der Waals surface area contributed by atoms with Crippen molar-refractivity contribution < 1.29 is 17.6 Å². The van der Waals surface area contributed by atoms with Gasteiger partial charge in [0.25, 0.3) is 5.56 Å². The molecule has 1 atom stereocenters. The Morgan fingerprint density at radius 1 is 1.03 bits per heavy atom. The summed E-state index contributed by atoms with van der Waals surface area (Å²) in [5.74, 6) is -0.603. The van der Waals surface area contributed by atoms with Crippen molar-refractivity contribution in [2.24, 2.45) is 12.0 Å². The van der Waals surface area contributed by atoms with Crippen molar-refractivity contribution in [3.63, 3.8) is 0 Å². The van der Waals surface area contributed by atoms with Crippen LogP contribution in [0.1, 0.15) is 35.2 Å². The lowest BCUT2D eigenvalue weighted by Gasteiger charge is -2.15. The Balaban J connectivity index is 1.93. The summed E-state index contributed by atoms with van der Waals surface area (Å²) >= 11 is -0.0984. The Bertz CT molecular complexity index is 1230. The fraction of sp³-hybridized carbons (Fsp3) is 0.217. The van der Waals surface area contributed by atoms with E-state index < -0.39 is 5.51 Å². The topological polar surface area (TPSA) is 34.4 Å². The molecule has 3 aromatic rings. The molecule has 1 aliphatic rings. The van der Waals surface area contributed by atoms with Gasteiger partial charge in [0.1, 0.15) is 5.82 Å². The Labute approximate surface area is 180 Å². The second kappa shape index (κ2) is 8.00. The number of pyridine rings is 1. The summed E-state index contributed by atoms with van der Waals surface area (Å²) in [6.45, 7) is 1.86. The minimum Gasteiger partial charge on any atom is -0.318 e. The van der Waals surface area contributed by atoms with Gasteiger partial charge in [-0.1, -0.05) is 12.1 Å². The second-order valence-corrected chi connectivity index (χ2v) is 8.41. The zero-order chi connectivity index (χ0) is 22.3. The fourth-order valence-corrected chi connectivity index (χ4v) is 4.17. The number of thioether (sulfide) groups is 1. The average Bonchev–Trinajstić information content (AvgIpc) is 2.82. The number of hydrogen-bond donors (Lipinski definition) is 0. The minimum absolute atomic E-state index is 0.0984. The molecule has 31 heavy (non-hydrogen) atoms. The van der Waals surface area contributed by atoms with E-state index >= 15 is 0 Å². The quantitative estimate of drug-likeness (QED) is 0.473. The number of benzene rings is 2. The average molecular weight is 446 g/mol. The van der Waals surface area contributed by atoms with Gasteiger partial charge in [-0.2, -0.15) is 13.2 Å². The van der Waals surface area contributed by atoms with Gasteiger partial charge in [-0.15, -0.1) is 0 Å². The molecular formula is C23H18F4N2OS. The molecule has 0 fully saturated rings. The van der Waals surface area contributed by atoms with Crippen molar-refractivity contribution in [2.45, 2.75) is 24.2 Å². The smallest absolute Gasteiger partial charge is 0.318 e. The molecule has 1 aliphatic heterocycles. The van der Waals surface area contributed by atoms with Crippen LogP contribution in [0.15, 0.2) is 64.5 Å². The molecule has 4 rings (SSSR count). The molecule has 0 radical (unpaired) electrons. The Morgan fingerprint density at radius 3 is 2.42 bits per heavy atom. The number of aryl methyl sites for hydroxylation is 1. The van der Waals surface area contributed by atoms with Crippen LogP contribution in [0.3, 0.4) is 0 Å². The van der Waals surface area contributed by atoms with Crippen molar-refractivity contribution in [2.75, 3.05) is 0 Å². The van der Waals surface area contributed by atoms with Crippen LogP contribution in [-0.4, -0.2) is 15.8 Å². The van der Waals surface area contributed by atoms with E-state index in [0.717, 1.165) is 11.1 Å². The number of alkyl halides is 3. The van der Waals surface area contributed by atoms with Crippen LogP contribution in [0.4, 0.5) is 17.6 Å². The van der Waals surface area contributed by atoms with Crippen molar-refractivity contribution in [3.05, 3.63) is 93.2 Å². The maximum atomic E-state index is 13.5. The van der Waals surface area contributed by atoms with E-state index in [1.165, 1.54) is 22.8 Å². The first-order chi connectivity index (χ1) is 14.6. The molecule has 0 aliphatic carbocycles. The third-order valence-electron chi connectivity index (χ3n) is 5.18. The van der Waals surface area contributed by atoms with Crippen molar-refractivity contribution in [1.82, 2.24) is 4.57 Å². The maximum Gasteiger partial charge on any atom is 0.442 e. The Kier molecular flexibility index (Phi) is 5.51. The standard InChI is InChI=1S/C23H18F4N2OS/c1-13-18-10-21(30)29(2)11-20(18)19-9-14(12-31-23(25,26)27)3-8-17(19)22(28-13)15-4-6-16(24)7-5-15/h3-11,13H,12H2,1-2H3/t13-/m0/s1. The zero-order valence-corrected chi connectivity index (χ0v) is 17.5. The molecule has 2 heterocycles. The fourth-order valence-electron chi connectivity index (χ4n) is 3.66. The van der Waals surface area contributed by atoms with Gasteiger partial charge in [0.05, 0.1) is 11.8 Å². The highest BCUT2D eigenvalue weighted by molar-refractivity contribution is 7.99. The molecule has 1 aromatic heterocycles. The van der Waals surface area contributed by atoms with Crippen molar-refractivity contribution in [1.29, 1.82) is 0 Å². The largest absolute Gasteiger partial charge is 0.442 e. The third-order valence-corrected chi connectivity index (χ3v) is 5.99. The first kappa shape index (κ1) is 21.4. The maximum absolute atomic E-state index is 13.5. The van der Waals surface area contributed by atoms with E-state index in [2.05, 4.69) is 0 Å². The van der Waals surface area contributed by atoms with E-state index in [1.807, 2.05) is 6.92 Å². The molecule has 0 spiro atoms. The van der Waals surface area contributed by atoms with Crippen LogP contribution in [0, 0.1) is 5.82 Å². The molecule has 3 nitrogen and oxygen atoms in total. The normalized spacial score (nSPS) is 15.7. The molecule has 0 bridgehead atoms. The Morgan fingerprint density at radius 2 is 1.74 bits per heavy atom. The summed E-state index contributed by atoms with van der Waals surface area (Å²) in [6.07, 6.45) is 1.69. The number of halogens is 4. The summed E-state index contributed by atoms with van der Waals surface area (Å²) in [6, 6.07) is 12.2. The van der Waals surface area contributed by atoms with Gasteiger partial charge >= 0.3 is 5.51 Å². The molecular weight excluding hydrogens is 428 g/mol. The lowest BCUT2D eigenvalue weighted by Crippen LogP contribution is -2.17. The first-order valence-corrected chi connectivity index (χ1v) is 10.5. The van der Waals surface area contributed by atoms with Crippen molar-refractivity contribution in [3.8, 4) is 11.1 Å². The van der Waals surface area contributed by atoms with Gasteiger partial charge in [0, 0.05) is 41.8 Å². The lowest BCUT2D eigenvalue weighted by molar-refractivity contribution is -0.0329. The van der Waals surface area contributed by atoms with Gasteiger partial charge in [-0.05, 0) is 65.7 Å². The second-order valence-electron chi connectivity index (χ2n) is 7.37. The highest BCUT2D eigenvalue weighted by atomic mass is 32.2. The molecule has 0 saturated carbocycles. The molecule has 0 unspecified atom stereocenters. The molecule has 2 aromatic carbocycles. The molecule has 0 amide bonds. The number of rotatable bonds is 3. The molecule has 8 heteroatoms.